The Labute approximate surface area is 168 Å². The third kappa shape index (κ3) is 4.02. The van der Waals surface area contributed by atoms with E-state index in [9.17, 15) is 4.79 Å². The number of carbonyl (C=O) groups is 1. The molecule has 2 heterocycles. The predicted octanol–water partition coefficient (Wildman–Crippen LogP) is 1.20. The highest BCUT2D eigenvalue weighted by atomic mass is 35.5. The number of carbonyl (C=O) groups excluding carboxylic acids is 1. The van der Waals surface area contributed by atoms with Crippen LogP contribution in [0.1, 0.15) is 6.42 Å². The molecule has 0 saturated carbocycles. The van der Waals surface area contributed by atoms with Crippen molar-refractivity contribution < 1.29 is 21.9 Å². The number of fused-ring (bicyclic) bond motifs is 2. The molecule has 138 valence electrons. The lowest BCUT2D eigenvalue weighted by Gasteiger charge is -2.32. The van der Waals surface area contributed by atoms with Crippen LogP contribution in [0.25, 0.3) is 0 Å². The maximum absolute atomic E-state index is 13.1. The van der Waals surface area contributed by atoms with Crippen molar-refractivity contribution in [3.8, 4) is 0 Å². The van der Waals surface area contributed by atoms with E-state index in [1.165, 1.54) is 0 Å². The molecule has 0 atom stereocenters. The van der Waals surface area contributed by atoms with Crippen LogP contribution < -0.4 is 17.3 Å². The van der Waals surface area contributed by atoms with Gasteiger partial charge in [-0.25, -0.2) is 0 Å². The normalized spacial score (nSPS) is 16.4. The van der Waals surface area contributed by atoms with Crippen molar-refractivity contribution >= 4 is 40.6 Å². The van der Waals surface area contributed by atoms with Crippen LogP contribution in [0, 0.1) is 0 Å². The lowest BCUT2D eigenvalue weighted by molar-refractivity contribution is -0.118. The lowest BCUT2D eigenvalue weighted by Crippen LogP contribution is -3.00. The Balaban J connectivity index is 0.00000196. The third-order valence-corrected chi connectivity index (χ3v) is 5.85. The molecule has 0 N–H and O–H groups in total. The summed E-state index contributed by atoms with van der Waals surface area (Å²) in [5, 5.41) is 0.643. The minimum absolute atomic E-state index is 0. The van der Waals surface area contributed by atoms with Crippen molar-refractivity contribution in [2.75, 3.05) is 37.7 Å². The second-order valence-electron chi connectivity index (χ2n) is 6.11. The van der Waals surface area contributed by atoms with E-state index in [-0.39, 0.29) is 18.3 Å². The van der Waals surface area contributed by atoms with E-state index in [2.05, 4.69) is 11.0 Å². The van der Waals surface area contributed by atoms with Crippen LogP contribution in [0.15, 0.2) is 52.3 Å². The fraction of sp³-hybridized carbons (Fsp3) is 0.316. The van der Waals surface area contributed by atoms with Gasteiger partial charge in [-0.2, -0.15) is 0 Å². The van der Waals surface area contributed by atoms with Gasteiger partial charge in [-0.05, 0) is 30.3 Å². The first kappa shape index (κ1) is 19.5. The Hall–Kier alpha value is -1.24. The zero-order chi connectivity index (χ0) is 17.2. The van der Waals surface area contributed by atoms with Crippen LogP contribution in [0.4, 0.5) is 11.4 Å². The number of anilines is 2. The fourth-order valence-corrected chi connectivity index (χ4v) is 4.39. The number of benzene rings is 2. The maximum Gasteiger partial charge on any atom is 0.232 e. The van der Waals surface area contributed by atoms with Gasteiger partial charge in [-0.1, -0.05) is 35.5 Å². The molecule has 1 saturated heterocycles. The summed E-state index contributed by atoms with van der Waals surface area (Å²) in [5.41, 5.74) is 1.82. The Kier molecular flexibility index (Phi) is 6.48. The van der Waals surface area contributed by atoms with Gasteiger partial charge in [0, 0.05) is 40.9 Å². The molecule has 2 aromatic carbocycles. The molecule has 4 rings (SSSR count). The molecule has 0 radical (unpaired) electrons. The summed E-state index contributed by atoms with van der Waals surface area (Å²) in [4.78, 5) is 19.4. The average Bonchev–Trinajstić information content (AvgIpc) is 2.65. The van der Waals surface area contributed by atoms with Gasteiger partial charge in [0.2, 0.25) is 5.91 Å². The molecule has 0 spiro atoms. The molecule has 2 aliphatic heterocycles. The van der Waals surface area contributed by atoms with Crippen molar-refractivity contribution in [2.24, 2.45) is 0 Å². The van der Waals surface area contributed by atoms with Crippen LogP contribution in [0.2, 0.25) is 5.02 Å². The summed E-state index contributed by atoms with van der Waals surface area (Å²) < 4.78 is 5.37. The first-order valence-corrected chi connectivity index (χ1v) is 9.61. The van der Waals surface area contributed by atoms with E-state index in [1.807, 2.05) is 41.3 Å². The molecule has 0 unspecified atom stereocenters. The van der Waals surface area contributed by atoms with Crippen molar-refractivity contribution in [2.45, 2.75) is 16.2 Å². The largest absolute Gasteiger partial charge is 1.00 e. The van der Waals surface area contributed by atoms with Crippen LogP contribution in [0.3, 0.4) is 0 Å². The molecular weight excluding hydrogens is 391 g/mol. The highest BCUT2D eigenvalue weighted by Crippen LogP contribution is 2.48. The van der Waals surface area contributed by atoms with E-state index >= 15 is 0 Å². The molecule has 2 aliphatic rings. The minimum atomic E-state index is 0. The van der Waals surface area contributed by atoms with E-state index in [0.717, 1.165) is 54.0 Å². The molecule has 0 bridgehead atoms. The van der Waals surface area contributed by atoms with E-state index in [4.69, 9.17) is 16.3 Å². The summed E-state index contributed by atoms with van der Waals surface area (Å²) >= 11 is 7.88. The Bertz CT molecular complexity index is 797. The number of nitrogens with zero attached hydrogens (tertiary/aromatic N) is 2. The molecule has 4 nitrogen and oxygen atoms in total. The third-order valence-electron chi connectivity index (χ3n) is 4.48. The van der Waals surface area contributed by atoms with Gasteiger partial charge in [0.1, 0.15) is 0 Å². The topological polar surface area (TPSA) is 32.8 Å². The van der Waals surface area contributed by atoms with E-state index in [0.29, 0.717) is 11.4 Å². The van der Waals surface area contributed by atoms with Crippen LogP contribution >= 0.6 is 23.4 Å². The summed E-state index contributed by atoms with van der Waals surface area (Å²) in [5.74, 6) is 0.0998. The Morgan fingerprint density at radius 2 is 1.81 bits per heavy atom. The molecule has 0 aromatic heterocycles. The van der Waals surface area contributed by atoms with Crippen LogP contribution in [0.5, 0.6) is 0 Å². The smallest absolute Gasteiger partial charge is 0.232 e. The van der Waals surface area contributed by atoms with Crippen molar-refractivity contribution in [1.82, 2.24) is 4.90 Å². The first-order chi connectivity index (χ1) is 12.2. The monoisotopic (exact) mass is 409 g/mol. The van der Waals surface area contributed by atoms with Crippen molar-refractivity contribution in [1.29, 1.82) is 0 Å². The lowest BCUT2D eigenvalue weighted by atomic mass is 10.2. The van der Waals surface area contributed by atoms with Crippen molar-refractivity contribution in [3.05, 3.63) is 47.5 Å². The summed E-state index contributed by atoms with van der Waals surface area (Å²) in [6.45, 7) is 4.03. The number of hydrogen-bond donors (Lipinski definition) is 0. The van der Waals surface area contributed by atoms with E-state index in [1.54, 1.807) is 11.8 Å². The number of hydrogen-bond acceptors (Lipinski definition) is 4. The number of rotatable bonds is 3. The van der Waals surface area contributed by atoms with Crippen LogP contribution in [-0.2, 0) is 9.53 Å². The van der Waals surface area contributed by atoms with E-state index < -0.39 is 0 Å². The number of ether oxygens (including phenoxy) is 1. The molecule has 0 aliphatic carbocycles. The molecule has 7 heteroatoms. The molecule has 26 heavy (non-hydrogen) atoms. The summed E-state index contributed by atoms with van der Waals surface area (Å²) in [6, 6.07) is 13.8. The van der Waals surface area contributed by atoms with Gasteiger partial charge < -0.3 is 17.1 Å². The first-order valence-electron chi connectivity index (χ1n) is 8.42. The SMILES string of the molecule is O=C(CCN1CCOCC1)N1c2ccccc2Sc2ccc(Cl)cc21.[Cl-]. The Morgan fingerprint density at radius 1 is 1.08 bits per heavy atom. The average molecular weight is 410 g/mol. The summed E-state index contributed by atoms with van der Waals surface area (Å²) in [7, 11) is 0. The number of para-hydroxylation sites is 1. The van der Waals surface area contributed by atoms with Gasteiger partial charge in [0.15, 0.2) is 0 Å². The number of amides is 1. The zero-order valence-electron chi connectivity index (χ0n) is 14.2. The highest BCUT2D eigenvalue weighted by Gasteiger charge is 2.28. The number of halogens is 2. The van der Waals surface area contributed by atoms with Gasteiger partial charge in [0.05, 0.1) is 24.6 Å². The van der Waals surface area contributed by atoms with Gasteiger partial charge in [-0.15, -0.1) is 0 Å². The second kappa shape index (κ2) is 8.63. The minimum Gasteiger partial charge on any atom is -1.00 e. The zero-order valence-corrected chi connectivity index (χ0v) is 16.5. The Morgan fingerprint density at radius 3 is 2.62 bits per heavy atom. The summed E-state index contributed by atoms with van der Waals surface area (Å²) in [6.07, 6.45) is 0.477. The molecule has 2 aromatic rings. The van der Waals surface area contributed by atoms with Gasteiger partial charge >= 0.3 is 0 Å². The maximum atomic E-state index is 13.1. The van der Waals surface area contributed by atoms with Crippen LogP contribution in [-0.4, -0.2) is 43.7 Å². The van der Waals surface area contributed by atoms with Gasteiger partial charge in [-0.3, -0.25) is 14.6 Å². The van der Waals surface area contributed by atoms with Gasteiger partial charge in [0.25, 0.3) is 0 Å². The quantitative estimate of drug-likeness (QED) is 0.762. The predicted molar refractivity (Wildman–Crippen MR) is 101 cm³/mol. The van der Waals surface area contributed by atoms with Crippen molar-refractivity contribution in [3.63, 3.8) is 0 Å². The highest BCUT2D eigenvalue weighted by molar-refractivity contribution is 7.99. The molecular formula is C19H19Cl2N2O2S-. The second-order valence-corrected chi connectivity index (χ2v) is 7.64. The standard InChI is InChI=1S/C19H19ClN2O2S.ClH/c20-14-5-6-18-16(13-14)22(15-3-1-2-4-17(15)25-18)19(23)7-8-21-9-11-24-12-10-21;/h1-6,13H,7-12H2;1H/p-1. The molecule has 1 fully saturated rings. The number of morpholine rings is 1. The molecule has 1 amide bonds. The fourth-order valence-electron chi connectivity index (χ4n) is 3.19.